The Morgan fingerprint density at radius 3 is 2.00 bits per heavy atom. The number of hydrogen-bond donors (Lipinski definition) is 1. The lowest BCUT2D eigenvalue weighted by Crippen LogP contribution is -2.29. The molecule has 114 valence electrons. The van der Waals surface area contributed by atoms with Crippen LogP contribution in [0.15, 0.2) is 0 Å². The Hall–Kier alpha value is -1.32. The monoisotopic (exact) mass is 278 g/mol. The molecule has 4 nitrogen and oxygen atoms in total. The van der Waals surface area contributed by atoms with Crippen LogP contribution in [0.5, 0.6) is 0 Å². The van der Waals surface area contributed by atoms with Crippen molar-refractivity contribution in [3.63, 3.8) is 0 Å². The second kappa shape index (κ2) is 6.91. The number of nitrogens with zero attached hydrogens (tertiary/aromatic N) is 3. The summed E-state index contributed by atoms with van der Waals surface area (Å²) in [6, 6.07) is 0. The van der Waals surface area contributed by atoms with Crippen molar-refractivity contribution in [1.82, 2.24) is 9.97 Å². The molecule has 0 saturated heterocycles. The van der Waals surface area contributed by atoms with Crippen LogP contribution >= 0.6 is 0 Å². The van der Waals surface area contributed by atoms with Gasteiger partial charge in [0.25, 0.3) is 0 Å². The number of rotatable bonds is 6. The van der Waals surface area contributed by atoms with Crippen molar-refractivity contribution in [3.05, 3.63) is 11.4 Å². The van der Waals surface area contributed by atoms with Crippen LogP contribution in [0.3, 0.4) is 0 Å². The van der Waals surface area contributed by atoms with Gasteiger partial charge in [-0.15, -0.1) is 0 Å². The quantitative estimate of drug-likeness (QED) is 0.860. The molecule has 4 heteroatoms. The van der Waals surface area contributed by atoms with Crippen LogP contribution in [-0.2, 0) is 5.41 Å². The van der Waals surface area contributed by atoms with E-state index in [2.05, 4.69) is 56.7 Å². The predicted octanol–water partition coefficient (Wildman–Crippen LogP) is 3.75. The third kappa shape index (κ3) is 3.84. The van der Waals surface area contributed by atoms with Crippen molar-refractivity contribution in [2.24, 2.45) is 0 Å². The normalized spacial score (nSPS) is 11.6. The van der Waals surface area contributed by atoms with Gasteiger partial charge in [0.05, 0.1) is 0 Å². The maximum Gasteiger partial charge on any atom is 0.138 e. The van der Waals surface area contributed by atoms with E-state index < -0.39 is 0 Å². The molecule has 1 rings (SSSR count). The maximum absolute atomic E-state index is 4.86. The van der Waals surface area contributed by atoms with Crippen LogP contribution in [0.2, 0.25) is 0 Å². The van der Waals surface area contributed by atoms with Gasteiger partial charge in [0.15, 0.2) is 0 Å². The molecule has 1 aromatic rings. The number of aromatic nitrogens is 2. The minimum Gasteiger partial charge on any atom is -0.373 e. The molecule has 0 fully saturated rings. The third-order valence-corrected chi connectivity index (χ3v) is 3.31. The van der Waals surface area contributed by atoms with Crippen molar-refractivity contribution < 1.29 is 0 Å². The first kappa shape index (κ1) is 16.7. The summed E-state index contributed by atoms with van der Waals surface area (Å²) in [6.07, 6.45) is 2.26. The fourth-order valence-electron chi connectivity index (χ4n) is 2.25. The molecule has 0 spiro atoms. The van der Waals surface area contributed by atoms with Gasteiger partial charge in [0, 0.05) is 31.1 Å². The lowest BCUT2D eigenvalue weighted by atomic mass is 9.95. The smallest absolute Gasteiger partial charge is 0.138 e. The molecule has 0 aromatic carbocycles. The molecular weight excluding hydrogens is 248 g/mol. The average molecular weight is 278 g/mol. The molecule has 0 atom stereocenters. The van der Waals surface area contributed by atoms with E-state index >= 15 is 0 Å². The summed E-state index contributed by atoms with van der Waals surface area (Å²) in [5.41, 5.74) is 1.10. The zero-order valence-electron chi connectivity index (χ0n) is 14.2. The van der Waals surface area contributed by atoms with E-state index in [4.69, 9.17) is 4.98 Å². The van der Waals surface area contributed by atoms with Crippen LogP contribution in [0.4, 0.5) is 11.6 Å². The summed E-state index contributed by atoms with van der Waals surface area (Å²) in [6.45, 7) is 15.1. The molecule has 0 unspecified atom stereocenters. The van der Waals surface area contributed by atoms with E-state index in [-0.39, 0.29) is 5.41 Å². The maximum atomic E-state index is 4.86. The summed E-state index contributed by atoms with van der Waals surface area (Å²) in [5, 5.41) is 3.21. The molecule has 0 aliphatic carbocycles. The van der Waals surface area contributed by atoms with Crippen molar-refractivity contribution >= 4 is 11.6 Å². The van der Waals surface area contributed by atoms with Crippen molar-refractivity contribution in [2.75, 3.05) is 30.4 Å². The van der Waals surface area contributed by atoms with Crippen molar-refractivity contribution in [3.8, 4) is 0 Å². The summed E-state index contributed by atoms with van der Waals surface area (Å²) < 4.78 is 0. The SMILES string of the molecule is CCCN(CCC)c1nc(C(C)(C)C)nc(NC)c1C. The summed E-state index contributed by atoms with van der Waals surface area (Å²) in [7, 11) is 1.93. The van der Waals surface area contributed by atoms with E-state index in [1.165, 1.54) is 0 Å². The molecule has 0 saturated carbocycles. The van der Waals surface area contributed by atoms with Crippen LogP contribution in [-0.4, -0.2) is 30.1 Å². The van der Waals surface area contributed by atoms with Gasteiger partial charge < -0.3 is 10.2 Å². The Balaban J connectivity index is 3.34. The molecular formula is C16H30N4. The molecule has 0 aliphatic heterocycles. The van der Waals surface area contributed by atoms with E-state index in [1.807, 2.05) is 7.05 Å². The first-order valence-electron chi connectivity index (χ1n) is 7.66. The van der Waals surface area contributed by atoms with Gasteiger partial charge in [-0.1, -0.05) is 34.6 Å². The fourth-order valence-corrected chi connectivity index (χ4v) is 2.25. The Labute approximate surface area is 124 Å². The molecule has 1 aromatic heterocycles. The van der Waals surface area contributed by atoms with Crippen LogP contribution < -0.4 is 10.2 Å². The van der Waals surface area contributed by atoms with E-state index in [0.29, 0.717) is 0 Å². The van der Waals surface area contributed by atoms with Gasteiger partial charge in [-0.2, -0.15) is 0 Å². The van der Waals surface area contributed by atoms with Gasteiger partial charge in [-0.25, -0.2) is 9.97 Å². The number of nitrogens with one attached hydrogen (secondary N) is 1. The molecule has 0 aliphatic rings. The molecule has 0 radical (unpaired) electrons. The average Bonchev–Trinajstić information content (AvgIpc) is 2.37. The van der Waals surface area contributed by atoms with E-state index in [0.717, 1.165) is 49.0 Å². The van der Waals surface area contributed by atoms with E-state index in [9.17, 15) is 0 Å². The zero-order valence-corrected chi connectivity index (χ0v) is 14.2. The lowest BCUT2D eigenvalue weighted by molar-refractivity contribution is 0.543. The summed E-state index contributed by atoms with van der Waals surface area (Å²) in [4.78, 5) is 11.9. The van der Waals surface area contributed by atoms with E-state index in [1.54, 1.807) is 0 Å². The Bertz CT molecular complexity index is 429. The Kier molecular flexibility index (Phi) is 5.78. The standard InChI is InChI=1S/C16H30N4/c1-8-10-20(11-9-2)14-12(3)13(17-7)18-15(19-14)16(4,5)6/h8-11H2,1-7H3,(H,17,18,19). The highest BCUT2D eigenvalue weighted by Gasteiger charge is 2.22. The minimum atomic E-state index is -0.0435. The zero-order chi connectivity index (χ0) is 15.3. The van der Waals surface area contributed by atoms with Crippen LogP contribution in [0, 0.1) is 6.92 Å². The summed E-state index contributed by atoms with van der Waals surface area (Å²) in [5.74, 6) is 2.93. The van der Waals surface area contributed by atoms with Gasteiger partial charge in [0.1, 0.15) is 17.5 Å². The molecule has 0 bridgehead atoms. The first-order chi connectivity index (χ1) is 9.35. The van der Waals surface area contributed by atoms with Gasteiger partial charge in [0.2, 0.25) is 0 Å². The van der Waals surface area contributed by atoms with Crippen molar-refractivity contribution in [1.29, 1.82) is 0 Å². The van der Waals surface area contributed by atoms with Crippen LogP contribution in [0.1, 0.15) is 58.8 Å². The minimum absolute atomic E-state index is 0.0435. The molecule has 20 heavy (non-hydrogen) atoms. The largest absolute Gasteiger partial charge is 0.373 e. The Morgan fingerprint density at radius 1 is 1.05 bits per heavy atom. The van der Waals surface area contributed by atoms with Gasteiger partial charge in [-0.05, 0) is 19.8 Å². The topological polar surface area (TPSA) is 41.1 Å². The Morgan fingerprint density at radius 2 is 1.60 bits per heavy atom. The van der Waals surface area contributed by atoms with Gasteiger partial charge in [-0.3, -0.25) is 0 Å². The number of hydrogen-bond acceptors (Lipinski definition) is 4. The highest BCUT2D eigenvalue weighted by molar-refractivity contribution is 5.58. The second-order valence-electron chi connectivity index (χ2n) is 6.33. The molecule has 1 heterocycles. The highest BCUT2D eigenvalue weighted by atomic mass is 15.2. The number of anilines is 2. The first-order valence-corrected chi connectivity index (χ1v) is 7.66. The predicted molar refractivity (Wildman–Crippen MR) is 87.8 cm³/mol. The van der Waals surface area contributed by atoms with Crippen LogP contribution in [0.25, 0.3) is 0 Å². The lowest BCUT2D eigenvalue weighted by Gasteiger charge is -2.27. The third-order valence-electron chi connectivity index (χ3n) is 3.31. The van der Waals surface area contributed by atoms with Crippen molar-refractivity contribution in [2.45, 2.75) is 59.8 Å². The van der Waals surface area contributed by atoms with Gasteiger partial charge >= 0.3 is 0 Å². The summed E-state index contributed by atoms with van der Waals surface area (Å²) >= 11 is 0. The second-order valence-corrected chi connectivity index (χ2v) is 6.33. The fraction of sp³-hybridized carbons (Fsp3) is 0.750. The molecule has 1 N–H and O–H groups in total. The molecule has 0 amide bonds. The highest BCUT2D eigenvalue weighted by Crippen LogP contribution is 2.28.